The fourth-order valence-electron chi connectivity index (χ4n) is 2.35. The van der Waals surface area contributed by atoms with Crippen molar-refractivity contribution in [3.8, 4) is 29.4 Å². The van der Waals surface area contributed by atoms with E-state index in [2.05, 4.69) is 23.7 Å². The Labute approximate surface area is 149 Å². The van der Waals surface area contributed by atoms with Gasteiger partial charge in [0.15, 0.2) is 0 Å². The summed E-state index contributed by atoms with van der Waals surface area (Å²) in [4.78, 5) is 0. The molecule has 1 nitrogen and oxygen atoms in total. The van der Waals surface area contributed by atoms with Crippen molar-refractivity contribution in [2.45, 2.75) is 5.92 Å². The van der Waals surface area contributed by atoms with Gasteiger partial charge in [-0.1, -0.05) is 72.2 Å². The summed E-state index contributed by atoms with van der Waals surface area (Å²) in [6.45, 7) is 0. The van der Waals surface area contributed by atoms with Crippen molar-refractivity contribution >= 4 is 0 Å². The van der Waals surface area contributed by atoms with Crippen LogP contribution >= 0.6 is 0 Å². The van der Waals surface area contributed by atoms with Gasteiger partial charge in [0.25, 0.3) is 0 Å². The molecule has 3 aromatic rings. The average molecular weight is 322 g/mol. The maximum absolute atomic E-state index is 5.24. The molecule has 0 atom stereocenters. The van der Waals surface area contributed by atoms with Crippen LogP contribution < -0.4 is 4.74 Å². The number of rotatable bonds is 2. The maximum atomic E-state index is 5.24. The molecule has 0 saturated carbocycles. The Morgan fingerprint density at radius 2 is 1.12 bits per heavy atom. The van der Waals surface area contributed by atoms with Crippen LogP contribution in [-0.2, 0) is 0 Å². The molecule has 3 aromatic carbocycles. The third-order valence-electron chi connectivity index (χ3n) is 3.72. The van der Waals surface area contributed by atoms with Crippen LogP contribution in [0.15, 0.2) is 84.9 Å². The predicted molar refractivity (Wildman–Crippen MR) is 102 cm³/mol. The summed E-state index contributed by atoms with van der Waals surface area (Å²) in [5.41, 5.74) is 3.04. The van der Waals surface area contributed by atoms with Crippen LogP contribution in [0.3, 0.4) is 0 Å². The van der Waals surface area contributed by atoms with Gasteiger partial charge in [-0.15, -0.1) is 0 Å². The molecule has 0 heterocycles. The van der Waals surface area contributed by atoms with Crippen molar-refractivity contribution in [3.05, 3.63) is 102 Å². The smallest absolute Gasteiger partial charge is 0.118 e. The molecule has 0 amide bonds. The van der Waals surface area contributed by atoms with Gasteiger partial charge in [-0.3, -0.25) is 0 Å². The molecule has 0 N–H and O–H groups in total. The second-order valence-corrected chi connectivity index (χ2v) is 5.48. The van der Waals surface area contributed by atoms with Crippen molar-refractivity contribution < 1.29 is 4.74 Å². The fourth-order valence-corrected chi connectivity index (χ4v) is 2.35. The van der Waals surface area contributed by atoms with Crippen LogP contribution in [0.5, 0.6) is 5.75 Å². The minimum atomic E-state index is -0.161. The van der Waals surface area contributed by atoms with Gasteiger partial charge in [0.1, 0.15) is 11.7 Å². The summed E-state index contributed by atoms with van der Waals surface area (Å²) in [5, 5.41) is 0. The number of methoxy groups -OCH3 is 1. The Morgan fingerprint density at radius 1 is 0.640 bits per heavy atom. The first-order valence-corrected chi connectivity index (χ1v) is 8.12. The zero-order valence-electron chi connectivity index (χ0n) is 14.1. The average Bonchev–Trinajstić information content (AvgIpc) is 2.70. The van der Waals surface area contributed by atoms with Crippen molar-refractivity contribution in [1.29, 1.82) is 0 Å². The van der Waals surface area contributed by atoms with E-state index < -0.39 is 0 Å². The van der Waals surface area contributed by atoms with Gasteiger partial charge in [-0.05, 0) is 42.0 Å². The van der Waals surface area contributed by atoms with Gasteiger partial charge < -0.3 is 4.74 Å². The van der Waals surface area contributed by atoms with Crippen LogP contribution in [0.1, 0.15) is 22.6 Å². The molecular formula is C24H18O. The molecule has 0 spiro atoms. The lowest BCUT2D eigenvalue weighted by molar-refractivity contribution is 0.414. The van der Waals surface area contributed by atoms with Crippen molar-refractivity contribution in [3.63, 3.8) is 0 Å². The van der Waals surface area contributed by atoms with E-state index in [0.717, 1.165) is 22.4 Å². The first-order chi connectivity index (χ1) is 12.3. The number of benzene rings is 3. The van der Waals surface area contributed by atoms with Gasteiger partial charge in [-0.25, -0.2) is 0 Å². The highest BCUT2D eigenvalue weighted by molar-refractivity contribution is 5.46. The Kier molecular flexibility index (Phi) is 5.55. The van der Waals surface area contributed by atoms with Gasteiger partial charge in [0, 0.05) is 11.1 Å². The summed E-state index contributed by atoms with van der Waals surface area (Å²) in [6.07, 6.45) is 0. The van der Waals surface area contributed by atoms with E-state index in [-0.39, 0.29) is 5.92 Å². The van der Waals surface area contributed by atoms with Gasteiger partial charge in [-0.2, -0.15) is 0 Å². The molecule has 0 bridgehead atoms. The Hall–Kier alpha value is -3.42. The van der Waals surface area contributed by atoms with Gasteiger partial charge in [0.2, 0.25) is 0 Å². The SMILES string of the molecule is COc1ccc(C(C#Cc2ccccc2)C#Cc2ccccc2)cc1. The first kappa shape index (κ1) is 16.4. The predicted octanol–water partition coefficient (Wildman–Crippen LogP) is 4.88. The van der Waals surface area contributed by atoms with Crippen molar-refractivity contribution in [1.82, 2.24) is 0 Å². The van der Waals surface area contributed by atoms with Crippen LogP contribution in [0.4, 0.5) is 0 Å². The molecule has 0 fully saturated rings. The topological polar surface area (TPSA) is 9.23 Å². The van der Waals surface area contributed by atoms with E-state index in [4.69, 9.17) is 4.74 Å². The van der Waals surface area contributed by atoms with Crippen LogP contribution in [0.25, 0.3) is 0 Å². The highest BCUT2D eigenvalue weighted by Crippen LogP contribution is 2.19. The number of hydrogen-bond acceptors (Lipinski definition) is 1. The zero-order chi connectivity index (χ0) is 17.3. The minimum Gasteiger partial charge on any atom is -0.497 e. The number of ether oxygens (including phenoxy) is 1. The Morgan fingerprint density at radius 3 is 1.56 bits per heavy atom. The number of hydrogen-bond donors (Lipinski definition) is 0. The standard InChI is InChI=1S/C24H18O/c1-25-24-18-16-23(17-19-24)22(14-12-20-8-4-2-5-9-20)15-13-21-10-6-3-7-11-21/h2-11,16-19,22H,1H3. The zero-order valence-corrected chi connectivity index (χ0v) is 14.1. The summed E-state index contributed by atoms with van der Waals surface area (Å²) in [6, 6.07) is 27.9. The molecule has 0 aliphatic rings. The molecule has 3 rings (SSSR count). The van der Waals surface area contributed by atoms with E-state index in [1.54, 1.807) is 7.11 Å². The molecule has 0 aromatic heterocycles. The molecule has 0 aliphatic carbocycles. The molecule has 0 aliphatic heterocycles. The highest BCUT2D eigenvalue weighted by Gasteiger charge is 2.05. The molecule has 0 radical (unpaired) electrons. The third kappa shape index (κ3) is 4.77. The summed E-state index contributed by atoms with van der Waals surface area (Å²) >= 11 is 0. The summed E-state index contributed by atoms with van der Waals surface area (Å²) in [7, 11) is 1.66. The first-order valence-electron chi connectivity index (χ1n) is 8.12. The lowest BCUT2D eigenvalue weighted by Crippen LogP contribution is -1.93. The fraction of sp³-hybridized carbons (Fsp3) is 0.0833. The van der Waals surface area contributed by atoms with Crippen LogP contribution in [0, 0.1) is 23.7 Å². The lowest BCUT2D eigenvalue weighted by atomic mass is 9.99. The molecule has 120 valence electrons. The van der Waals surface area contributed by atoms with Crippen LogP contribution in [0.2, 0.25) is 0 Å². The van der Waals surface area contributed by atoms with Crippen molar-refractivity contribution in [2.75, 3.05) is 7.11 Å². The molecule has 0 unspecified atom stereocenters. The quantitative estimate of drug-likeness (QED) is 0.611. The second kappa shape index (κ2) is 8.44. The minimum absolute atomic E-state index is 0.161. The van der Waals surface area contributed by atoms with E-state index >= 15 is 0 Å². The normalized spacial score (nSPS) is 9.52. The summed E-state index contributed by atoms with van der Waals surface area (Å²) in [5.74, 6) is 13.7. The van der Waals surface area contributed by atoms with E-state index in [1.807, 2.05) is 84.9 Å². The van der Waals surface area contributed by atoms with Gasteiger partial charge >= 0.3 is 0 Å². The molecule has 25 heavy (non-hydrogen) atoms. The van der Waals surface area contributed by atoms with E-state index in [9.17, 15) is 0 Å². The molecule has 0 saturated heterocycles. The van der Waals surface area contributed by atoms with E-state index in [0.29, 0.717) is 0 Å². The van der Waals surface area contributed by atoms with Crippen molar-refractivity contribution in [2.24, 2.45) is 0 Å². The van der Waals surface area contributed by atoms with Crippen LogP contribution in [-0.4, -0.2) is 7.11 Å². The van der Waals surface area contributed by atoms with Gasteiger partial charge in [0.05, 0.1) is 7.11 Å². The van der Waals surface area contributed by atoms with E-state index in [1.165, 1.54) is 0 Å². The lowest BCUT2D eigenvalue weighted by Gasteiger charge is -2.05. The third-order valence-corrected chi connectivity index (χ3v) is 3.72. The monoisotopic (exact) mass is 322 g/mol. The largest absolute Gasteiger partial charge is 0.497 e. The molecule has 1 heteroatoms. The Balaban J connectivity index is 1.93. The highest BCUT2D eigenvalue weighted by atomic mass is 16.5. The second-order valence-electron chi connectivity index (χ2n) is 5.48. The maximum Gasteiger partial charge on any atom is 0.118 e. The molecular weight excluding hydrogens is 304 g/mol. The summed E-state index contributed by atoms with van der Waals surface area (Å²) < 4.78 is 5.24. The Bertz CT molecular complexity index is 860.